The summed E-state index contributed by atoms with van der Waals surface area (Å²) < 4.78 is 0. The van der Waals surface area contributed by atoms with Crippen LogP contribution < -0.4 is 0 Å². The van der Waals surface area contributed by atoms with Gasteiger partial charge in [0.05, 0.1) is 6.54 Å². The molecule has 1 aliphatic rings. The van der Waals surface area contributed by atoms with Crippen molar-refractivity contribution in [3.8, 4) is 0 Å². The molecule has 0 aliphatic heterocycles. The van der Waals surface area contributed by atoms with Crippen LogP contribution in [0.25, 0.3) is 10.9 Å². The van der Waals surface area contributed by atoms with E-state index in [1.54, 1.807) is 0 Å². The van der Waals surface area contributed by atoms with Crippen molar-refractivity contribution in [3.05, 3.63) is 71.4 Å². The number of hydrogen-bond donors (Lipinski definition) is 1. The van der Waals surface area contributed by atoms with Gasteiger partial charge in [0.15, 0.2) is 5.78 Å². The van der Waals surface area contributed by atoms with Gasteiger partial charge in [-0.2, -0.15) is 0 Å². The number of nitrogens with zero attached hydrogens (tertiary/aromatic N) is 1. The van der Waals surface area contributed by atoms with Gasteiger partial charge < -0.3 is 4.98 Å². The molecular weight excluding hydrogens is 296 g/mol. The number of benzene rings is 2. The zero-order valence-corrected chi connectivity index (χ0v) is 14.0. The number of fused-ring (bicyclic) bond motifs is 1. The maximum absolute atomic E-state index is 12.8. The van der Waals surface area contributed by atoms with Crippen LogP contribution in [0.4, 0.5) is 0 Å². The SMILES string of the molecule is Cc1ccc(CN(CC(=O)c2c[nH]c3ccccc23)C2CC2)cc1. The van der Waals surface area contributed by atoms with Crippen molar-refractivity contribution in [3.63, 3.8) is 0 Å². The lowest BCUT2D eigenvalue weighted by molar-refractivity contribution is 0.0921. The second-order valence-electron chi connectivity index (χ2n) is 6.79. The molecule has 2 aromatic carbocycles. The average molecular weight is 318 g/mol. The lowest BCUT2D eigenvalue weighted by Gasteiger charge is -2.21. The number of aromatic nitrogens is 1. The van der Waals surface area contributed by atoms with Crippen LogP contribution in [0.15, 0.2) is 54.7 Å². The first-order chi connectivity index (χ1) is 11.7. The Morgan fingerprint density at radius 3 is 2.62 bits per heavy atom. The summed E-state index contributed by atoms with van der Waals surface area (Å²) in [5, 5.41) is 1.02. The molecule has 0 atom stereocenters. The number of nitrogens with one attached hydrogen (secondary N) is 1. The number of carbonyl (C=O) groups excluding carboxylic acids is 1. The van der Waals surface area contributed by atoms with E-state index >= 15 is 0 Å². The zero-order valence-electron chi connectivity index (χ0n) is 14.0. The van der Waals surface area contributed by atoms with E-state index in [-0.39, 0.29) is 5.78 Å². The van der Waals surface area contributed by atoms with Crippen molar-refractivity contribution >= 4 is 16.7 Å². The van der Waals surface area contributed by atoms with Crippen molar-refractivity contribution < 1.29 is 4.79 Å². The van der Waals surface area contributed by atoms with Gasteiger partial charge in [0, 0.05) is 35.2 Å². The zero-order chi connectivity index (χ0) is 16.5. The first-order valence-corrected chi connectivity index (χ1v) is 8.59. The van der Waals surface area contributed by atoms with E-state index < -0.39 is 0 Å². The molecule has 1 fully saturated rings. The van der Waals surface area contributed by atoms with Crippen LogP contribution in [-0.4, -0.2) is 28.3 Å². The van der Waals surface area contributed by atoms with Gasteiger partial charge >= 0.3 is 0 Å². The molecule has 4 rings (SSSR count). The van der Waals surface area contributed by atoms with E-state index in [4.69, 9.17) is 0 Å². The highest BCUT2D eigenvalue weighted by Gasteiger charge is 2.30. The monoisotopic (exact) mass is 318 g/mol. The van der Waals surface area contributed by atoms with Gasteiger partial charge in [-0.15, -0.1) is 0 Å². The molecule has 0 saturated heterocycles. The Kier molecular flexibility index (Phi) is 3.95. The van der Waals surface area contributed by atoms with Crippen molar-refractivity contribution in [2.75, 3.05) is 6.54 Å². The molecule has 1 N–H and O–H groups in total. The molecule has 3 nitrogen and oxygen atoms in total. The number of rotatable bonds is 6. The lowest BCUT2D eigenvalue weighted by Crippen LogP contribution is -2.31. The second kappa shape index (κ2) is 6.25. The number of aryl methyl sites for hydroxylation is 1. The summed E-state index contributed by atoms with van der Waals surface area (Å²) in [4.78, 5) is 18.4. The van der Waals surface area contributed by atoms with E-state index in [0.717, 1.165) is 23.0 Å². The molecule has 3 aromatic rings. The lowest BCUT2D eigenvalue weighted by atomic mass is 10.1. The third-order valence-corrected chi connectivity index (χ3v) is 4.81. The minimum absolute atomic E-state index is 0.200. The third kappa shape index (κ3) is 3.13. The van der Waals surface area contributed by atoms with Gasteiger partial charge in [-0.3, -0.25) is 9.69 Å². The standard InChI is InChI=1S/C21H22N2O/c1-15-6-8-16(9-7-15)13-23(17-10-11-17)14-21(24)19-12-22-20-5-3-2-4-18(19)20/h2-9,12,17,22H,10-11,13-14H2,1H3. The van der Waals surface area contributed by atoms with Gasteiger partial charge in [-0.25, -0.2) is 0 Å². The van der Waals surface area contributed by atoms with Crippen LogP contribution in [0.3, 0.4) is 0 Å². The molecular formula is C21H22N2O. The number of H-pyrrole nitrogens is 1. The van der Waals surface area contributed by atoms with Gasteiger partial charge in [-0.1, -0.05) is 48.0 Å². The fourth-order valence-electron chi connectivity index (χ4n) is 3.25. The normalized spacial score (nSPS) is 14.4. The van der Waals surface area contributed by atoms with Crippen LogP contribution in [0.5, 0.6) is 0 Å². The summed E-state index contributed by atoms with van der Waals surface area (Å²) in [5.74, 6) is 0.200. The molecule has 1 aromatic heterocycles. The Hall–Kier alpha value is -2.39. The van der Waals surface area contributed by atoms with E-state index in [1.165, 1.54) is 24.0 Å². The fourth-order valence-corrected chi connectivity index (χ4v) is 3.25. The fraction of sp³-hybridized carbons (Fsp3) is 0.286. The van der Waals surface area contributed by atoms with Gasteiger partial charge in [0.2, 0.25) is 0 Å². The van der Waals surface area contributed by atoms with E-state index in [9.17, 15) is 4.79 Å². The molecule has 1 saturated carbocycles. The quantitative estimate of drug-likeness (QED) is 0.687. The number of ketones is 1. The molecule has 1 heterocycles. The Balaban J connectivity index is 1.52. The summed E-state index contributed by atoms with van der Waals surface area (Å²) >= 11 is 0. The first kappa shape index (κ1) is 15.2. The second-order valence-corrected chi connectivity index (χ2v) is 6.79. The van der Waals surface area contributed by atoms with Crippen molar-refractivity contribution in [2.24, 2.45) is 0 Å². The minimum Gasteiger partial charge on any atom is -0.360 e. The highest BCUT2D eigenvalue weighted by Crippen LogP contribution is 2.29. The summed E-state index contributed by atoms with van der Waals surface area (Å²) in [7, 11) is 0. The number of Topliss-reactive ketones (excluding diaryl/α,β-unsaturated/α-hetero) is 1. The average Bonchev–Trinajstić information content (AvgIpc) is 3.35. The Labute approximate surface area is 142 Å². The van der Waals surface area contributed by atoms with Crippen LogP contribution in [0, 0.1) is 6.92 Å². The predicted molar refractivity (Wildman–Crippen MR) is 97.2 cm³/mol. The number of aromatic amines is 1. The first-order valence-electron chi connectivity index (χ1n) is 8.59. The molecule has 0 bridgehead atoms. The van der Waals surface area contributed by atoms with Crippen LogP contribution >= 0.6 is 0 Å². The van der Waals surface area contributed by atoms with Crippen LogP contribution in [-0.2, 0) is 6.54 Å². The van der Waals surface area contributed by atoms with Gasteiger partial charge in [0.25, 0.3) is 0 Å². The molecule has 3 heteroatoms. The number of para-hydroxylation sites is 1. The van der Waals surface area contributed by atoms with Crippen molar-refractivity contribution in [1.29, 1.82) is 0 Å². The van der Waals surface area contributed by atoms with E-state index in [1.807, 2.05) is 30.5 Å². The minimum atomic E-state index is 0.200. The van der Waals surface area contributed by atoms with E-state index in [0.29, 0.717) is 12.6 Å². The molecule has 122 valence electrons. The topological polar surface area (TPSA) is 36.1 Å². The Morgan fingerprint density at radius 1 is 1.12 bits per heavy atom. The van der Waals surface area contributed by atoms with Gasteiger partial charge in [-0.05, 0) is 31.4 Å². The van der Waals surface area contributed by atoms with Crippen molar-refractivity contribution in [2.45, 2.75) is 32.4 Å². The number of carbonyl (C=O) groups is 1. The largest absolute Gasteiger partial charge is 0.360 e. The van der Waals surface area contributed by atoms with Crippen molar-refractivity contribution in [1.82, 2.24) is 9.88 Å². The summed E-state index contributed by atoms with van der Waals surface area (Å²) in [5.41, 5.74) is 4.38. The summed E-state index contributed by atoms with van der Waals surface area (Å²) in [6.07, 6.45) is 4.25. The molecule has 0 unspecified atom stereocenters. The molecule has 0 spiro atoms. The molecule has 1 aliphatic carbocycles. The number of hydrogen-bond acceptors (Lipinski definition) is 2. The third-order valence-electron chi connectivity index (χ3n) is 4.81. The van der Waals surface area contributed by atoms with Crippen LogP contribution in [0.2, 0.25) is 0 Å². The Bertz CT molecular complexity index is 859. The molecule has 0 radical (unpaired) electrons. The molecule has 24 heavy (non-hydrogen) atoms. The van der Waals surface area contributed by atoms with E-state index in [2.05, 4.69) is 41.1 Å². The predicted octanol–water partition coefficient (Wildman–Crippen LogP) is 4.32. The Morgan fingerprint density at radius 2 is 1.88 bits per heavy atom. The van der Waals surface area contributed by atoms with Gasteiger partial charge in [0.1, 0.15) is 0 Å². The maximum atomic E-state index is 12.8. The maximum Gasteiger partial charge on any atom is 0.178 e. The highest BCUT2D eigenvalue weighted by molar-refractivity contribution is 6.08. The summed E-state index contributed by atoms with van der Waals surface area (Å²) in [6, 6.07) is 17.2. The summed E-state index contributed by atoms with van der Waals surface area (Å²) in [6.45, 7) is 3.43. The highest BCUT2D eigenvalue weighted by atomic mass is 16.1. The molecule has 0 amide bonds. The van der Waals surface area contributed by atoms with Crippen LogP contribution in [0.1, 0.15) is 34.3 Å². The smallest absolute Gasteiger partial charge is 0.178 e.